The van der Waals surface area contributed by atoms with Gasteiger partial charge in [-0.2, -0.15) is 0 Å². The lowest BCUT2D eigenvalue weighted by atomic mass is 10.0. The molecule has 0 bridgehead atoms. The van der Waals surface area contributed by atoms with Gasteiger partial charge in [0, 0.05) is 13.0 Å². The van der Waals surface area contributed by atoms with Gasteiger partial charge in [-0.05, 0) is 25.5 Å². The molecule has 0 amide bonds. The molecule has 0 atom stereocenters. The second kappa shape index (κ2) is 20.4. The second-order valence-corrected chi connectivity index (χ2v) is 9.21. The molecule has 0 spiro atoms. The summed E-state index contributed by atoms with van der Waals surface area (Å²) in [5.74, 6) is 0. The van der Waals surface area contributed by atoms with Crippen molar-refractivity contribution in [3.05, 3.63) is 0 Å². The molecule has 0 aromatic carbocycles. The monoisotopic (exact) mass is 381 g/mol. The molecule has 0 fully saturated rings. The molecule has 0 aliphatic rings. The van der Waals surface area contributed by atoms with E-state index in [9.17, 15) is 0 Å². The summed E-state index contributed by atoms with van der Waals surface area (Å²) in [5, 5.41) is 0. The first kappa shape index (κ1) is 26.6. The Bertz CT molecular complexity index is 309. The highest BCUT2D eigenvalue weighted by Crippen LogP contribution is 2.13. The summed E-state index contributed by atoms with van der Waals surface area (Å²) < 4.78 is 1.17. The lowest BCUT2D eigenvalue weighted by Gasteiger charge is -2.29. The van der Waals surface area contributed by atoms with Gasteiger partial charge in [0.15, 0.2) is 0 Å². The van der Waals surface area contributed by atoms with E-state index in [1.807, 2.05) is 0 Å². The third-order valence-electron chi connectivity index (χ3n) is 5.71. The number of unbranched alkanes of at least 4 members (excludes halogenated alkanes) is 14. The first-order valence-corrected chi connectivity index (χ1v) is 12.4. The third kappa shape index (κ3) is 21.8. The van der Waals surface area contributed by atoms with Crippen molar-refractivity contribution in [3.8, 4) is 0 Å². The van der Waals surface area contributed by atoms with E-state index in [2.05, 4.69) is 39.1 Å². The van der Waals surface area contributed by atoms with Crippen LogP contribution in [0.2, 0.25) is 0 Å². The Hall–Kier alpha value is -0.370. The van der Waals surface area contributed by atoms with Gasteiger partial charge in [-0.15, -0.1) is 0 Å². The van der Waals surface area contributed by atoms with Gasteiger partial charge in [-0.1, -0.05) is 97.3 Å². The Morgan fingerprint density at radius 3 is 1.48 bits per heavy atom. The van der Waals surface area contributed by atoms with Crippen molar-refractivity contribution in [1.82, 2.24) is 0 Å². The highest BCUT2D eigenvalue weighted by molar-refractivity contribution is 5.56. The minimum absolute atomic E-state index is 1.01. The summed E-state index contributed by atoms with van der Waals surface area (Å²) in [4.78, 5) is 4.50. The molecule has 0 saturated carbocycles. The van der Waals surface area contributed by atoms with Crippen molar-refractivity contribution in [3.63, 3.8) is 0 Å². The fourth-order valence-corrected chi connectivity index (χ4v) is 3.75. The van der Waals surface area contributed by atoms with Crippen LogP contribution in [-0.2, 0) is 0 Å². The van der Waals surface area contributed by atoms with E-state index in [1.54, 1.807) is 0 Å². The van der Waals surface area contributed by atoms with E-state index in [-0.39, 0.29) is 0 Å². The van der Waals surface area contributed by atoms with Crippen LogP contribution in [0.3, 0.4) is 0 Å². The predicted octanol–water partition coefficient (Wildman–Crippen LogP) is 7.81. The minimum Gasteiger partial charge on any atom is -0.328 e. The van der Waals surface area contributed by atoms with Crippen molar-refractivity contribution in [1.29, 1.82) is 0 Å². The maximum absolute atomic E-state index is 4.50. The molecule has 0 aromatic heterocycles. The molecule has 0 aliphatic heterocycles. The van der Waals surface area contributed by atoms with Crippen molar-refractivity contribution in [2.75, 3.05) is 33.7 Å². The van der Waals surface area contributed by atoms with Gasteiger partial charge in [0.25, 0.3) is 0 Å². The molecule has 2 nitrogen and oxygen atoms in total. The number of nitrogens with zero attached hydrogens (tertiary/aromatic N) is 2. The van der Waals surface area contributed by atoms with Gasteiger partial charge >= 0.3 is 0 Å². The zero-order valence-electron chi connectivity index (χ0n) is 19.6. The fourth-order valence-electron chi connectivity index (χ4n) is 3.75. The van der Waals surface area contributed by atoms with E-state index in [1.165, 1.54) is 120 Å². The van der Waals surface area contributed by atoms with Crippen LogP contribution in [0.1, 0.15) is 123 Å². The van der Waals surface area contributed by atoms with E-state index < -0.39 is 0 Å². The molecule has 0 saturated heterocycles. The standard InChI is InChI=1S/C25H53N2/c1-5-7-9-10-11-12-13-14-15-16-17-18-19-20-24-27(3,4)25-21-23-26-22-8-6-2/h22H,5-21,23-25H2,1-4H3/q+1. The Labute approximate surface area is 172 Å². The summed E-state index contributed by atoms with van der Waals surface area (Å²) in [6.45, 7) is 8.12. The lowest BCUT2D eigenvalue weighted by Crippen LogP contribution is -2.41. The molecular weight excluding hydrogens is 328 g/mol. The van der Waals surface area contributed by atoms with Crippen LogP contribution in [0.15, 0.2) is 4.99 Å². The minimum atomic E-state index is 1.01. The summed E-state index contributed by atoms with van der Waals surface area (Å²) in [5.41, 5.74) is 0. The number of hydrogen-bond acceptors (Lipinski definition) is 1. The van der Waals surface area contributed by atoms with Crippen LogP contribution < -0.4 is 0 Å². The number of aliphatic imine (C=N–C) groups is 1. The molecule has 0 aromatic rings. The van der Waals surface area contributed by atoms with Crippen LogP contribution in [0.4, 0.5) is 0 Å². The van der Waals surface area contributed by atoms with Crippen LogP contribution in [-0.4, -0.2) is 44.4 Å². The van der Waals surface area contributed by atoms with Crippen molar-refractivity contribution >= 4 is 6.21 Å². The van der Waals surface area contributed by atoms with Gasteiger partial charge in [0.1, 0.15) is 0 Å². The summed E-state index contributed by atoms with van der Waals surface area (Å²) in [7, 11) is 4.77. The lowest BCUT2D eigenvalue weighted by molar-refractivity contribution is -0.890. The van der Waals surface area contributed by atoms with Crippen LogP contribution in [0, 0.1) is 0 Å². The van der Waals surface area contributed by atoms with Crippen LogP contribution in [0.5, 0.6) is 0 Å². The number of hydrogen-bond donors (Lipinski definition) is 0. The molecule has 162 valence electrons. The molecule has 2 heteroatoms. The van der Waals surface area contributed by atoms with E-state index >= 15 is 0 Å². The summed E-state index contributed by atoms with van der Waals surface area (Å²) in [6, 6.07) is 0. The van der Waals surface area contributed by atoms with Gasteiger partial charge in [-0.25, -0.2) is 0 Å². The van der Waals surface area contributed by atoms with Crippen LogP contribution in [0.25, 0.3) is 0 Å². The van der Waals surface area contributed by atoms with Gasteiger partial charge in [0.2, 0.25) is 0 Å². The Morgan fingerprint density at radius 2 is 1.00 bits per heavy atom. The summed E-state index contributed by atoms with van der Waals surface area (Å²) in [6.07, 6.45) is 25.9. The molecule has 0 unspecified atom stereocenters. The SMILES string of the molecule is CCCC=NCCC[N+](C)(C)CCCCCCCCCCCCCCCC. The van der Waals surface area contributed by atoms with Gasteiger partial charge < -0.3 is 4.48 Å². The van der Waals surface area contributed by atoms with E-state index in [4.69, 9.17) is 0 Å². The molecular formula is C25H53N2+. The first-order valence-electron chi connectivity index (χ1n) is 12.4. The summed E-state index contributed by atoms with van der Waals surface area (Å²) >= 11 is 0. The van der Waals surface area contributed by atoms with Gasteiger partial charge in [0.05, 0.1) is 27.2 Å². The van der Waals surface area contributed by atoms with E-state index in [0.717, 1.165) is 13.0 Å². The van der Waals surface area contributed by atoms with Crippen molar-refractivity contribution < 1.29 is 4.48 Å². The molecule has 0 heterocycles. The quantitative estimate of drug-likeness (QED) is 0.109. The Morgan fingerprint density at radius 1 is 0.556 bits per heavy atom. The molecule has 27 heavy (non-hydrogen) atoms. The average Bonchev–Trinajstić information content (AvgIpc) is 2.65. The highest BCUT2D eigenvalue weighted by atomic mass is 15.3. The zero-order chi connectivity index (χ0) is 20.1. The smallest absolute Gasteiger partial charge is 0.0800 e. The third-order valence-corrected chi connectivity index (χ3v) is 5.71. The largest absolute Gasteiger partial charge is 0.328 e. The van der Waals surface area contributed by atoms with Crippen LogP contribution >= 0.6 is 0 Å². The van der Waals surface area contributed by atoms with Gasteiger partial charge in [-0.3, -0.25) is 4.99 Å². The number of rotatable bonds is 21. The number of quaternary nitrogens is 1. The molecule has 0 N–H and O–H groups in total. The Kier molecular flexibility index (Phi) is 20.1. The normalized spacial score (nSPS) is 12.3. The van der Waals surface area contributed by atoms with E-state index in [0.29, 0.717) is 0 Å². The first-order chi connectivity index (χ1) is 13.1. The highest BCUT2D eigenvalue weighted by Gasteiger charge is 2.13. The van der Waals surface area contributed by atoms with Crippen molar-refractivity contribution in [2.45, 2.75) is 123 Å². The zero-order valence-corrected chi connectivity index (χ0v) is 19.6. The Balaban J connectivity index is 3.30. The topological polar surface area (TPSA) is 12.4 Å². The average molecular weight is 382 g/mol. The van der Waals surface area contributed by atoms with Crippen molar-refractivity contribution in [2.24, 2.45) is 4.99 Å². The molecule has 0 radical (unpaired) electrons. The second-order valence-electron chi connectivity index (χ2n) is 9.21. The molecule has 0 aliphatic carbocycles. The fraction of sp³-hybridized carbons (Fsp3) is 0.960. The maximum atomic E-state index is 4.50. The maximum Gasteiger partial charge on any atom is 0.0800 e. The predicted molar refractivity (Wildman–Crippen MR) is 125 cm³/mol. The molecule has 0 rings (SSSR count).